The van der Waals surface area contributed by atoms with Crippen LogP contribution in [-0.4, -0.2) is 251 Å². The van der Waals surface area contributed by atoms with Crippen molar-refractivity contribution in [2.75, 3.05) is 81.6 Å². The second-order valence-electron chi connectivity index (χ2n) is 30.5. The van der Waals surface area contributed by atoms with Crippen molar-refractivity contribution in [3.8, 4) is 0 Å². The SMILES string of the molecule is CC[C@H](C)[C@@H]1NC(=O)[C@H](C2CCC2)N(C)C(=O)C[C@@H](C(=O)N2CCCC2)NC(=O)[C@H](C2CCCCC2)N(C)C(=O)C2(CCCC2)NC(=O)[C@@H]2CCCN2C(=O)[C@H](CCC2CCC(C(F)(F)F)C(Cl)C2)NC(=O)CN(C)C(=O)[C@H](CC2CCCCC2)N(C)C(=O)CN(C)C(=O)CN(C)C1=O. The normalized spacial score (nSPS) is 30.9. The first-order chi connectivity index (χ1) is 46.9. The molecule has 11 atom stereocenters. The van der Waals surface area contributed by atoms with E-state index in [1.54, 1.807) is 11.8 Å². The molecule has 0 aromatic rings. The van der Waals surface area contributed by atoms with Gasteiger partial charge in [-0.3, -0.25) is 57.5 Å². The zero-order valence-corrected chi connectivity index (χ0v) is 60.6. The van der Waals surface area contributed by atoms with Crippen molar-refractivity contribution in [3.05, 3.63) is 0 Å². The zero-order chi connectivity index (χ0) is 72.2. The molecule has 12 amide bonds. The smallest absolute Gasteiger partial charge is 0.343 e. The molecule has 8 aliphatic rings. The number of hydrogen-bond donors (Lipinski definition) is 4. The van der Waals surface area contributed by atoms with Crippen LogP contribution in [0.25, 0.3) is 0 Å². The van der Waals surface area contributed by atoms with Crippen molar-refractivity contribution in [3.63, 3.8) is 0 Å². The van der Waals surface area contributed by atoms with E-state index < -0.39 is 168 Å². The molecule has 8 rings (SSSR count). The lowest BCUT2D eigenvalue weighted by Gasteiger charge is -2.42. The Hall–Kier alpha value is -6.28. The summed E-state index contributed by atoms with van der Waals surface area (Å²) in [5.41, 5.74) is -1.54. The van der Waals surface area contributed by atoms with E-state index in [2.05, 4.69) is 21.3 Å². The number of nitrogens with one attached hydrogen (secondary N) is 4. The van der Waals surface area contributed by atoms with Gasteiger partial charge in [-0.05, 0) is 132 Å². The maximum Gasteiger partial charge on any atom is 0.393 e. The Bertz CT molecular complexity index is 2900. The highest BCUT2D eigenvalue weighted by Crippen LogP contribution is 2.44. The Labute approximate surface area is 587 Å². The van der Waals surface area contributed by atoms with E-state index in [0.29, 0.717) is 77.3 Å². The monoisotopic (exact) mass is 1420 g/mol. The van der Waals surface area contributed by atoms with Gasteiger partial charge in [-0.2, -0.15) is 13.2 Å². The second kappa shape index (κ2) is 35.1. The molecule has 3 unspecified atom stereocenters. The Morgan fingerprint density at radius 2 is 1.15 bits per heavy atom. The summed E-state index contributed by atoms with van der Waals surface area (Å²) in [6.07, 6.45) is 8.99. The molecular weight excluding hydrogens is 1310 g/mol. The fourth-order valence-corrected chi connectivity index (χ4v) is 17.5. The largest absolute Gasteiger partial charge is 0.393 e. The number of hydrogen-bond acceptors (Lipinski definition) is 12. The molecular formula is C71H112ClF3N12O12. The molecule has 0 aromatic carbocycles. The summed E-state index contributed by atoms with van der Waals surface area (Å²) < 4.78 is 42.0. The van der Waals surface area contributed by atoms with Gasteiger partial charge in [-0.1, -0.05) is 90.9 Å². The van der Waals surface area contributed by atoms with Crippen molar-refractivity contribution in [1.29, 1.82) is 0 Å². The molecule has 0 bridgehead atoms. The average Bonchev–Trinajstić information content (AvgIpc) is 1.75. The second-order valence-corrected chi connectivity index (χ2v) is 31.0. The molecule has 5 saturated carbocycles. The summed E-state index contributed by atoms with van der Waals surface area (Å²) in [5, 5.41) is 10.6. The average molecular weight is 1420 g/mol. The highest BCUT2D eigenvalue weighted by Gasteiger charge is 2.52. The molecule has 8 fully saturated rings. The van der Waals surface area contributed by atoms with Crippen molar-refractivity contribution < 1.29 is 70.7 Å². The Kier molecular flexibility index (Phi) is 27.8. The topological polar surface area (TPSA) is 279 Å². The van der Waals surface area contributed by atoms with E-state index >= 15 is 19.2 Å². The predicted octanol–water partition coefficient (Wildman–Crippen LogP) is 5.51. The number of fused-ring (bicyclic) bond motifs is 1. The molecule has 5 aliphatic carbocycles. The number of halogens is 4. The summed E-state index contributed by atoms with van der Waals surface area (Å²) in [7, 11) is 8.66. The van der Waals surface area contributed by atoms with E-state index in [-0.39, 0.29) is 88.0 Å². The van der Waals surface area contributed by atoms with Crippen LogP contribution in [0.3, 0.4) is 0 Å². The highest BCUT2D eigenvalue weighted by molar-refractivity contribution is 6.21. The summed E-state index contributed by atoms with van der Waals surface area (Å²) in [6, 6.07) is -8.43. The van der Waals surface area contributed by atoms with Gasteiger partial charge in [0.2, 0.25) is 70.9 Å². The maximum atomic E-state index is 15.6. The van der Waals surface area contributed by atoms with Crippen LogP contribution in [-0.2, 0) is 57.5 Å². The number of likely N-dealkylation sites (N-methyl/N-ethyl adjacent to an activating group) is 6. The minimum Gasteiger partial charge on any atom is -0.343 e. The van der Waals surface area contributed by atoms with Gasteiger partial charge < -0.3 is 60.5 Å². The molecule has 28 heteroatoms. The quantitative estimate of drug-likeness (QED) is 0.197. The van der Waals surface area contributed by atoms with Crippen LogP contribution in [0.5, 0.6) is 0 Å². The maximum absolute atomic E-state index is 15.6. The van der Waals surface area contributed by atoms with Crippen LogP contribution >= 0.6 is 11.6 Å². The number of carbonyl (C=O) groups is 12. The molecule has 24 nitrogen and oxygen atoms in total. The predicted molar refractivity (Wildman–Crippen MR) is 363 cm³/mol. The number of carbonyl (C=O) groups excluding carboxylic acids is 12. The lowest BCUT2D eigenvalue weighted by atomic mass is 9.78. The molecule has 3 saturated heterocycles. The number of rotatable bonds is 10. The van der Waals surface area contributed by atoms with Crippen molar-refractivity contribution in [2.45, 2.75) is 259 Å². The van der Waals surface area contributed by atoms with Gasteiger partial charge in [-0.15, -0.1) is 11.6 Å². The Balaban J connectivity index is 1.14. The minimum absolute atomic E-state index is 0.00466. The summed E-state index contributed by atoms with van der Waals surface area (Å²) in [5.74, 6) is -10.6. The molecule has 4 N–H and O–H groups in total. The van der Waals surface area contributed by atoms with E-state index in [1.807, 2.05) is 6.92 Å². The molecule has 556 valence electrons. The van der Waals surface area contributed by atoms with Crippen molar-refractivity contribution >= 4 is 82.5 Å². The van der Waals surface area contributed by atoms with Gasteiger partial charge in [0.05, 0.1) is 32.0 Å². The third-order valence-electron chi connectivity index (χ3n) is 23.6. The van der Waals surface area contributed by atoms with E-state index in [9.17, 15) is 51.5 Å². The van der Waals surface area contributed by atoms with E-state index in [4.69, 9.17) is 11.6 Å². The van der Waals surface area contributed by atoms with Gasteiger partial charge >= 0.3 is 6.18 Å². The number of alkyl halides is 4. The van der Waals surface area contributed by atoms with Gasteiger partial charge in [0.1, 0.15) is 47.8 Å². The van der Waals surface area contributed by atoms with Gasteiger partial charge in [0, 0.05) is 67.3 Å². The number of amides is 12. The third kappa shape index (κ3) is 19.5. The molecule has 0 aromatic heterocycles. The highest BCUT2D eigenvalue weighted by atomic mass is 35.5. The molecule has 3 heterocycles. The van der Waals surface area contributed by atoms with Crippen LogP contribution < -0.4 is 21.3 Å². The number of likely N-dealkylation sites (tertiary alicyclic amines) is 1. The third-order valence-corrected chi connectivity index (χ3v) is 24.0. The van der Waals surface area contributed by atoms with Crippen LogP contribution in [0, 0.1) is 35.5 Å². The summed E-state index contributed by atoms with van der Waals surface area (Å²) in [6.45, 7) is 2.88. The first-order valence-electron chi connectivity index (χ1n) is 37.0. The molecule has 99 heavy (non-hydrogen) atoms. The Morgan fingerprint density at radius 1 is 0.566 bits per heavy atom. The molecule has 0 radical (unpaired) electrons. The summed E-state index contributed by atoms with van der Waals surface area (Å²) >= 11 is 6.40. The number of nitrogens with zero attached hydrogens (tertiary/aromatic N) is 8. The van der Waals surface area contributed by atoms with Crippen LogP contribution in [0.15, 0.2) is 0 Å². The van der Waals surface area contributed by atoms with Crippen LogP contribution in [0.2, 0.25) is 0 Å². The standard InChI is InChI=1S/C71H112ClF3N12O12/c1-9-44(2)59-68(98)82(5)42-57(90)80(3)43-58(91)83(6)54(39-45-22-12-10-13-23-45)67(97)81(4)41-55(88)76-51(32-30-46-29-31-49(50(72)38-46)71(73,74)75)66(96)87-37-21-28-53(87)62(92)79-70(33-16-17-34-70)69(99)85(8)61(47-24-14-11-15-25-47)63(93)77-52(65(95)86-35-18-19-36-86)40-56(89)84(7)60(64(94)78-59)48-26-20-27-48/h44-54,59-61H,9-43H2,1-8H3,(H,76,88)(H,77,93)(H,78,94)(H,79,92)/t44-,46?,49?,50?,51-,52-,53-,54-,59-,60-,61-/m0/s1. The molecule has 3 aliphatic heterocycles. The first kappa shape index (κ1) is 78.4. The van der Waals surface area contributed by atoms with Gasteiger partial charge in [-0.25, -0.2) is 0 Å². The first-order valence-corrected chi connectivity index (χ1v) is 37.4. The fourth-order valence-electron chi connectivity index (χ4n) is 16.9. The van der Waals surface area contributed by atoms with Crippen molar-refractivity contribution in [1.82, 2.24) is 60.5 Å². The van der Waals surface area contributed by atoms with Gasteiger partial charge in [0.15, 0.2) is 0 Å². The summed E-state index contributed by atoms with van der Waals surface area (Å²) in [4.78, 5) is 189. The van der Waals surface area contributed by atoms with Gasteiger partial charge in [0.25, 0.3) is 0 Å². The fraction of sp³-hybridized carbons (Fsp3) is 0.831. The Morgan fingerprint density at radius 3 is 1.75 bits per heavy atom. The molecule has 1 spiro atoms. The van der Waals surface area contributed by atoms with Crippen molar-refractivity contribution in [2.24, 2.45) is 35.5 Å². The lowest BCUT2D eigenvalue weighted by molar-refractivity contribution is -0.182. The van der Waals surface area contributed by atoms with Crippen LogP contribution in [0.1, 0.15) is 200 Å². The minimum atomic E-state index is -4.50. The van der Waals surface area contributed by atoms with Crippen LogP contribution in [0.4, 0.5) is 13.2 Å². The zero-order valence-electron chi connectivity index (χ0n) is 59.8. The van der Waals surface area contributed by atoms with E-state index in [0.717, 1.165) is 62.7 Å². The van der Waals surface area contributed by atoms with E-state index in [1.165, 1.54) is 71.7 Å². The lowest BCUT2D eigenvalue weighted by Crippen LogP contribution is -2.65.